The number of aldehydes is 1. The average molecular weight is 311 g/mol. The molecule has 0 N–H and O–H groups in total. The van der Waals surface area contributed by atoms with Crippen molar-refractivity contribution < 1.29 is 4.79 Å². The SMILES string of the molecule is CCCCCCC1=CC=C(C=O)C(c2ccc(N(C)C)cc2)C1. The van der Waals surface area contributed by atoms with Crippen molar-refractivity contribution in [2.45, 2.75) is 51.4 Å². The second kappa shape index (κ2) is 8.71. The minimum Gasteiger partial charge on any atom is -0.378 e. The summed E-state index contributed by atoms with van der Waals surface area (Å²) >= 11 is 0. The van der Waals surface area contributed by atoms with E-state index in [2.05, 4.69) is 42.2 Å². The van der Waals surface area contributed by atoms with Gasteiger partial charge in [-0.1, -0.05) is 56.0 Å². The zero-order chi connectivity index (χ0) is 16.7. The highest BCUT2D eigenvalue weighted by atomic mass is 16.1. The standard InChI is InChI=1S/C21H29NO/c1-4-5-6-7-8-17-9-10-19(16-23)21(15-17)18-11-13-20(14-12-18)22(2)3/h9-14,16,21H,4-8,15H2,1-3H3. The van der Waals surface area contributed by atoms with Crippen LogP contribution in [0.3, 0.4) is 0 Å². The zero-order valence-electron chi connectivity index (χ0n) is 14.7. The van der Waals surface area contributed by atoms with E-state index in [-0.39, 0.29) is 5.92 Å². The highest BCUT2D eigenvalue weighted by molar-refractivity contribution is 5.77. The monoisotopic (exact) mass is 311 g/mol. The van der Waals surface area contributed by atoms with Crippen LogP contribution in [-0.4, -0.2) is 20.4 Å². The van der Waals surface area contributed by atoms with Gasteiger partial charge >= 0.3 is 0 Å². The first-order chi connectivity index (χ1) is 11.2. The van der Waals surface area contributed by atoms with Crippen LogP contribution in [0.5, 0.6) is 0 Å². The molecule has 2 heteroatoms. The molecular formula is C21H29NO. The van der Waals surface area contributed by atoms with Gasteiger partial charge in [-0.2, -0.15) is 0 Å². The van der Waals surface area contributed by atoms with Crippen molar-refractivity contribution in [2.24, 2.45) is 0 Å². The molecule has 0 aromatic heterocycles. The van der Waals surface area contributed by atoms with E-state index < -0.39 is 0 Å². The highest BCUT2D eigenvalue weighted by Gasteiger charge is 2.20. The summed E-state index contributed by atoms with van der Waals surface area (Å²) in [6, 6.07) is 8.60. The lowest BCUT2D eigenvalue weighted by Crippen LogP contribution is -2.11. The van der Waals surface area contributed by atoms with E-state index in [0.717, 1.165) is 24.7 Å². The number of allylic oxidation sites excluding steroid dienone is 4. The Bertz CT molecular complexity index is 566. The Kier molecular flexibility index (Phi) is 6.64. The number of rotatable bonds is 8. The third kappa shape index (κ3) is 4.82. The number of unbranched alkanes of at least 4 members (excludes halogenated alkanes) is 3. The largest absolute Gasteiger partial charge is 0.378 e. The summed E-state index contributed by atoms with van der Waals surface area (Å²) in [5.41, 5.74) is 4.82. The number of carbonyl (C=O) groups is 1. The Labute approximate surface area is 140 Å². The third-order valence-electron chi connectivity index (χ3n) is 4.68. The molecule has 0 bridgehead atoms. The molecule has 1 aliphatic carbocycles. The molecule has 0 spiro atoms. The van der Waals surface area contributed by atoms with Crippen LogP contribution in [0.2, 0.25) is 0 Å². The summed E-state index contributed by atoms with van der Waals surface area (Å²) in [5, 5.41) is 0. The molecule has 0 saturated heterocycles. The second-order valence-corrected chi connectivity index (χ2v) is 6.66. The maximum Gasteiger partial charge on any atom is 0.146 e. The maximum absolute atomic E-state index is 11.4. The zero-order valence-corrected chi connectivity index (χ0v) is 14.7. The lowest BCUT2D eigenvalue weighted by Gasteiger charge is -2.23. The van der Waals surface area contributed by atoms with Crippen LogP contribution in [0, 0.1) is 0 Å². The Morgan fingerprint density at radius 2 is 1.83 bits per heavy atom. The smallest absolute Gasteiger partial charge is 0.146 e. The molecular weight excluding hydrogens is 282 g/mol. The third-order valence-corrected chi connectivity index (χ3v) is 4.68. The molecule has 1 aliphatic rings. The summed E-state index contributed by atoms with van der Waals surface area (Å²) < 4.78 is 0. The minimum absolute atomic E-state index is 0.217. The molecule has 2 rings (SSSR count). The van der Waals surface area contributed by atoms with Gasteiger partial charge < -0.3 is 4.90 Å². The average Bonchev–Trinajstić information content (AvgIpc) is 2.58. The number of carbonyl (C=O) groups excluding carboxylic acids is 1. The minimum atomic E-state index is 0.217. The first-order valence-electron chi connectivity index (χ1n) is 8.77. The number of benzene rings is 1. The van der Waals surface area contributed by atoms with Crippen LogP contribution < -0.4 is 4.90 Å². The molecule has 0 heterocycles. The van der Waals surface area contributed by atoms with Gasteiger partial charge in [0.25, 0.3) is 0 Å². The van der Waals surface area contributed by atoms with E-state index >= 15 is 0 Å². The molecule has 2 nitrogen and oxygen atoms in total. The molecule has 1 aromatic carbocycles. The van der Waals surface area contributed by atoms with Crippen LogP contribution >= 0.6 is 0 Å². The van der Waals surface area contributed by atoms with E-state index in [1.807, 2.05) is 20.2 Å². The van der Waals surface area contributed by atoms with Crippen LogP contribution in [-0.2, 0) is 4.79 Å². The van der Waals surface area contributed by atoms with E-state index in [0.29, 0.717) is 0 Å². The van der Waals surface area contributed by atoms with Crippen molar-refractivity contribution in [2.75, 3.05) is 19.0 Å². The second-order valence-electron chi connectivity index (χ2n) is 6.66. The van der Waals surface area contributed by atoms with Crippen molar-refractivity contribution in [1.82, 2.24) is 0 Å². The van der Waals surface area contributed by atoms with Crippen molar-refractivity contribution in [1.29, 1.82) is 0 Å². The van der Waals surface area contributed by atoms with E-state index in [1.165, 1.54) is 42.5 Å². The number of anilines is 1. The normalized spacial score (nSPS) is 17.4. The maximum atomic E-state index is 11.4. The molecule has 0 fully saturated rings. The van der Waals surface area contributed by atoms with Crippen LogP contribution in [0.15, 0.2) is 47.6 Å². The lowest BCUT2D eigenvalue weighted by atomic mass is 9.81. The molecule has 0 amide bonds. The van der Waals surface area contributed by atoms with Crippen LogP contribution in [0.25, 0.3) is 0 Å². The summed E-state index contributed by atoms with van der Waals surface area (Å²) in [6.07, 6.45) is 12.5. The van der Waals surface area contributed by atoms with Crippen molar-refractivity contribution >= 4 is 12.0 Å². The fourth-order valence-electron chi connectivity index (χ4n) is 3.18. The number of nitrogens with zero attached hydrogens (tertiary/aromatic N) is 1. The van der Waals surface area contributed by atoms with Gasteiger partial charge in [0.15, 0.2) is 0 Å². The Hall–Kier alpha value is -1.83. The van der Waals surface area contributed by atoms with Gasteiger partial charge in [0.2, 0.25) is 0 Å². The quantitative estimate of drug-likeness (QED) is 0.482. The summed E-state index contributed by atoms with van der Waals surface area (Å²) in [7, 11) is 4.09. The summed E-state index contributed by atoms with van der Waals surface area (Å²) in [5.74, 6) is 0.217. The highest BCUT2D eigenvalue weighted by Crippen LogP contribution is 2.35. The van der Waals surface area contributed by atoms with E-state index in [4.69, 9.17) is 0 Å². The molecule has 23 heavy (non-hydrogen) atoms. The molecule has 1 atom stereocenters. The number of hydrogen-bond donors (Lipinski definition) is 0. The van der Waals surface area contributed by atoms with Crippen LogP contribution in [0.1, 0.15) is 56.9 Å². The first-order valence-corrected chi connectivity index (χ1v) is 8.77. The van der Waals surface area contributed by atoms with Crippen molar-refractivity contribution in [3.8, 4) is 0 Å². The van der Waals surface area contributed by atoms with Crippen molar-refractivity contribution in [3.05, 3.63) is 53.1 Å². The fraction of sp³-hybridized carbons (Fsp3) is 0.476. The van der Waals surface area contributed by atoms with Gasteiger partial charge in [0.1, 0.15) is 6.29 Å². The topological polar surface area (TPSA) is 20.3 Å². The van der Waals surface area contributed by atoms with Crippen LogP contribution in [0.4, 0.5) is 5.69 Å². The predicted molar refractivity (Wildman–Crippen MR) is 99.1 cm³/mol. The Morgan fingerprint density at radius 3 is 2.43 bits per heavy atom. The molecule has 1 aromatic rings. The lowest BCUT2D eigenvalue weighted by molar-refractivity contribution is -0.105. The fourth-order valence-corrected chi connectivity index (χ4v) is 3.18. The molecule has 0 aliphatic heterocycles. The predicted octanol–water partition coefficient (Wildman–Crippen LogP) is 5.26. The van der Waals surface area contributed by atoms with Gasteiger partial charge in [-0.15, -0.1) is 0 Å². The van der Waals surface area contributed by atoms with E-state index in [9.17, 15) is 4.79 Å². The van der Waals surface area contributed by atoms with E-state index in [1.54, 1.807) is 0 Å². The molecule has 0 saturated carbocycles. The van der Waals surface area contributed by atoms with Gasteiger partial charge in [0.05, 0.1) is 0 Å². The first kappa shape index (κ1) is 17.5. The number of hydrogen-bond acceptors (Lipinski definition) is 2. The summed E-state index contributed by atoms with van der Waals surface area (Å²) in [4.78, 5) is 13.5. The molecule has 1 unspecified atom stereocenters. The Morgan fingerprint density at radius 1 is 1.09 bits per heavy atom. The van der Waals surface area contributed by atoms with Gasteiger partial charge in [-0.05, 0) is 42.5 Å². The Balaban J connectivity index is 2.07. The van der Waals surface area contributed by atoms with Crippen molar-refractivity contribution in [3.63, 3.8) is 0 Å². The van der Waals surface area contributed by atoms with Gasteiger partial charge in [-0.3, -0.25) is 4.79 Å². The molecule has 0 radical (unpaired) electrons. The molecule has 124 valence electrons. The van der Waals surface area contributed by atoms with Gasteiger partial charge in [-0.25, -0.2) is 0 Å². The van der Waals surface area contributed by atoms with Gasteiger partial charge in [0, 0.05) is 25.7 Å². The summed E-state index contributed by atoms with van der Waals surface area (Å²) in [6.45, 7) is 2.24.